The standard InChI is InChI=1S/C12H18N2OS/c1-3-10-4-5-11(16-10)12(15)14-7-6-13-9(2)8-14/h4-5,9,13H,3,6-8H2,1-2H3/t9-/m0/s1. The molecule has 1 fully saturated rings. The van der Waals surface area contributed by atoms with Crippen molar-refractivity contribution >= 4 is 17.2 Å². The molecule has 1 atom stereocenters. The van der Waals surface area contributed by atoms with Crippen LogP contribution in [0.2, 0.25) is 0 Å². The van der Waals surface area contributed by atoms with Crippen molar-refractivity contribution in [2.75, 3.05) is 19.6 Å². The molecular formula is C12H18N2OS. The summed E-state index contributed by atoms with van der Waals surface area (Å²) in [6, 6.07) is 4.42. The number of hydrogen-bond acceptors (Lipinski definition) is 3. The van der Waals surface area contributed by atoms with Crippen molar-refractivity contribution in [2.45, 2.75) is 26.3 Å². The van der Waals surface area contributed by atoms with Crippen LogP contribution in [-0.4, -0.2) is 36.5 Å². The molecule has 0 bridgehead atoms. The first-order valence-electron chi connectivity index (χ1n) is 5.82. The molecule has 1 aliphatic heterocycles. The average molecular weight is 238 g/mol. The predicted molar refractivity (Wildman–Crippen MR) is 67.1 cm³/mol. The predicted octanol–water partition coefficient (Wildman–Crippen LogP) is 1.74. The highest BCUT2D eigenvalue weighted by Gasteiger charge is 2.22. The van der Waals surface area contributed by atoms with Crippen LogP contribution >= 0.6 is 11.3 Å². The minimum atomic E-state index is 0.193. The molecular weight excluding hydrogens is 220 g/mol. The normalized spacial score (nSPS) is 21.1. The van der Waals surface area contributed by atoms with E-state index in [0.29, 0.717) is 6.04 Å². The fourth-order valence-corrected chi connectivity index (χ4v) is 2.87. The quantitative estimate of drug-likeness (QED) is 0.851. The molecule has 0 spiro atoms. The minimum absolute atomic E-state index is 0.193. The molecule has 3 nitrogen and oxygen atoms in total. The molecule has 1 aliphatic rings. The highest BCUT2D eigenvalue weighted by Crippen LogP contribution is 2.19. The van der Waals surface area contributed by atoms with Crippen molar-refractivity contribution in [2.24, 2.45) is 0 Å². The van der Waals surface area contributed by atoms with E-state index in [1.807, 2.05) is 11.0 Å². The number of piperazine rings is 1. The van der Waals surface area contributed by atoms with Crippen molar-refractivity contribution in [3.8, 4) is 0 Å². The fourth-order valence-electron chi connectivity index (χ4n) is 1.96. The van der Waals surface area contributed by atoms with Gasteiger partial charge in [-0.3, -0.25) is 4.79 Å². The third-order valence-electron chi connectivity index (χ3n) is 2.88. The van der Waals surface area contributed by atoms with Gasteiger partial charge in [-0.25, -0.2) is 0 Å². The lowest BCUT2D eigenvalue weighted by atomic mass is 10.2. The van der Waals surface area contributed by atoms with Gasteiger partial charge in [0.2, 0.25) is 0 Å². The lowest BCUT2D eigenvalue weighted by Crippen LogP contribution is -2.51. The molecule has 1 N–H and O–H groups in total. The summed E-state index contributed by atoms with van der Waals surface area (Å²) in [5, 5.41) is 3.34. The number of aryl methyl sites for hydroxylation is 1. The number of nitrogens with one attached hydrogen (secondary N) is 1. The van der Waals surface area contributed by atoms with Gasteiger partial charge in [0.1, 0.15) is 0 Å². The average Bonchev–Trinajstić information content (AvgIpc) is 2.76. The summed E-state index contributed by atoms with van der Waals surface area (Å²) >= 11 is 1.62. The second-order valence-electron chi connectivity index (χ2n) is 4.23. The van der Waals surface area contributed by atoms with Gasteiger partial charge in [-0.1, -0.05) is 6.92 Å². The summed E-state index contributed by atoms with van der Waals surface area (Å²) in [6.07, 6.45) is 1.01. The molecule has 0 radical (unpaired) electrons. The molecule has 1 aromatic heterocycles. The monoisotopic (exact) mass is 238 g/mol. The van der Waals surface area contributed by atoms with Crippen LogP contribution in [0.4, 0.5) is 0 Å². The summed E-state index contributed by atoms with van der Waals surface area (Å²) in [5.74, 6) is 0.193. The number of nitrogens with zero attached hydrogens (tertiary/aromatic N) is 1. The maximum Gasteiger partial charge on any atom is 0.264 e. The number of rotatable bonds is 2. The van der Waals surface area contributed by atoms with E-state index in [1.165, 1.54) is 4.88 Å². The van der Waals surface area contributed by atoms with Crippen LogP contribution in [0.3, 0.4) is 0 Å². The molecule has 1 amide bonds. The number of amides is 1. The Kier molecular flexibility index (Phi) is 3.61. The van der Waals surface area contributed by atoms with Crippen LogP contribution in [0.1, 0.15) is 28.4 Å². The fraction of sp³-hybridized carbons (Fsp3) is 0.583. The van der Waals surface area contributed by atoms with Crippen molar-refractivity contribution in [3.63, 3.8) is 0 Å². The van der Waals surface area contributed by atoms with Gasteiger partial charge in [-0.15, -0.1) is 11.3 Å². The Hall–Kier alpha value is -0.870. The van der Waals surface area contributed by atoms with Crippen molar-refractivity contribution < 1.29 is 4.79 Å². The van der Waals surface area contributed by atoms with Gasteiger partial charge in [-0.05, 0) is 25.5 Å². The molecule has 0 saturated carbocycles. The lowest BCUT2D eigenvalue weighted by molar-refractivity contribution is 0.0714. The van der Waals surface area contributed by atoms with Crippen molar-refractivity contribution in [1.82, 2.24) is 10.2 Å². The topological polar surface area (TPSA) is 32.3 Å². The van der Waals surface area contributed by atoms with E-state index in [-0.39, 0.29) is 5.91 Å². The Balaban J connectivity index is 2.06. The summed E-state index contributed by atoms with van der Waals surface area (Å²) < 4.78 is 0. The summed E-state index contributed by atoms with van der Waals surface area (Å²) in [7, 11) is 0. The van der Waals surface area contributed by atoms with Gasteiger partial charge >= 0.3 is 0 Å². The molecule has 16 heavy (non-hydrogen) atoms. The van der Waals surface area contributed by atoms with Crippen LogP contribution in [0.15, 0.2) is 12.1 Å². The smallest absolute Gasteiger partial charge is 0.264 e. The summed E-state index contributed by atoms with van der Waals surface area (Å²) in [6.45, 7) is 6.78. The highest BCUT2D eigenvalue weighted by atomic mass is 32.1. The third kappa shape index (κ3) is 2.44. The van der Waals surface area contributed by atoms with E-state index in [0.717, 1.165) is 30.9 Å². The molecule has 4 heteroatoms. The summed E-state index contributed by atoms with van der Waals surface area (Å²) in [4.78, 5) is 16.3. The zero-order valence-corrected chi connectivity index (χ0v) is 10.6. The molecule has 2 heterocycles. The SMILES string of the molecule is CCc1ccc(C(=O)N2CCN[C@@H](C)C2)s1. The Labute approximate surface area is 100 Å². The molecule has 0 unspecified atom stereocenters. The first-order chi connectivity index (χ1) is 7.70. The van der Waals surface area contributed by atoms with Gasteiger partial charge in [0.25, 0.3) is 5.91 Å². The number of carbonyl (C=O) groups is 1. The molecule has 2 rings (SSSR count). The zero-order chi connectivity index (χ0) is 11.5. The van der Waals surface area contributed by atoms with Crippen molar-refractivity contribution in [1.29, 1.82) is 0 Å². The largest absolute Gasteiger partial charge is 0.335 e. The zero-order valence-electron chi connectivity index (χ0n) is 9.82. The maximum absolute atomic E-state index is 12.2. The number of thiophene rings is 1. The second-order valence-corrected chi connectivity index (χ2v) is 5.39. The van der Waals surface area contributed by atoms with Crippen LogP contribution in [-0.2, 0) is 6.42 Å². The summed E-state index contributed by atoms with van der Waals surface area (Å²) in [5.41, 5.74) is 0. The van der Waals surface area contributed by atoms with E-state index >= 15 is 0 Å². The van der Waals surface area contributed by atoms with Crippen molar-refractivity contribution in [3.05, 3.63) is 21.9 Å². The van der Waals surface area contributed by atoms with Crippen LogP contribution in [0.25, 0.3) is 0 Å². The minimum Gasteiger partial charge on any atom is -0.335 e. The number of carbonyl (C=O) groups excluding carboxylic acids is 1. The molecule has 0 aliphatic carbocycles. The van der Waals surface area contributed by atoms with Gasteiger partial charge in [0.05, 0.1) is 4.88 Å². The molecule has 1 aromatic rings. The van der Waals surface area contributed by atoms with Gasteiger partial charge in [0.15, 0.2) is 0 Å². The Bertz CT molecular complexity index is 375. The van der Waals surface area contributed by atoms with Gasteiger partial charge < -0.3 is 10.2 Å². The van der Waals surface area contributed by atoms with Crippen LogP contribution in [0, 0.1) is 0 Å². The van der Waals surface area contributed by atoms with Crippen LogP contribution in [0.5, 0.6) is 0 Å². The Morgan fingerprint density at radius 1 is 1.62 bits per heavy atom. The van der Waals surface area contributed by atoms with E-state index in [4.69, 9.17) is 0 Å². The lowest BCUT2D eigenvalue weighted by Gasteiger charge is -2.31. The van der Waals surface area contributed by atoms with E-state index in [2.05, 4.69) is 25.2 Å². The van der Waals surface area contributed by atoms with E-state index in [9.17, 15) is 4.79 Å². The molecule has 0 aromatic carbocycles. The third-order valence-corrected chi connectivity index (χ3v) is 4.09. The molecule has 1 saturated heterocycles. The van der Waals surface area contributed by atoms with Crippen LogP contribution < -0.4 is 5.32 Å². The van der Waals surface area contributed by atoms with Gasteiger partial charge in [0, 0.05) is 30.6 Å². The first-order valence-corrected chi connectivity index (χ1v) is 6.63. The second kappa shape index (κ2) is 4.97. The van der Waals surface area contributed by atoms with Gasteiger partial charge in [-0.2, -0.15) is 0 Å². The first kappa shape index (κ1) is 11.6. The Morgan fingerprint density at radius 3 is 3.06 bits per heavy atom. The van der Waals surface area contributed by atoms with E-state index in [1.54, 1.807) is 11.3 Å². The maximum atomic E-state index is 12.2. The Morgan fingerprint density at radius 2 is 2.44 bits per heavy atom. The highest BCUT2D eigenvalue weighted by molar-refractivity contribution is 7.14. The molecule has 88 valence electrons. The van der Waals surface area contributed by atoms with E-state index < -0.39 is 0 Å². The number of hydrogen-bond donors (Lipinski definition) is 1.